The minimum absolute atomic E-state index is 0.356. The van der Waals surface area contributed by atoms with Crippen molar-refractivity contribution in [1.82, 2.24) is 0 Å². The second-order valence-corrected chi connectivity index (χ2v) is 5.83. The predicted molar refractivity (Wildman–Crippen MR) is 136 cm³/mol. The molecule has 0 spiro atoms. The van der Waals surface area contributed by atoms with Crippen molar-refractivity contribution in [2.24, 2.45) is 11.1 Å². The van der Waals surface area contributed by atoms with Crippen molar-refractivity contribution >= 4 is 30.2 Å². The van der Waals surface area contributed by atoms with Crippen LogP contribution in [-0.4, -0.2) is 93.9 Å². The molecule has 0 saturated carbocycles. The first-order valence-electron chi connectivity index (χ1n) is 9.94. The first-order chi connectivity index (χ1) is 17.8. The third-order valence-corrected chi connectivity index (χ3v) is 2.92. The number of carbonyl (C=O) groups excluding carboxylic acids is 3. The summed E-state index contributed by atoms with van der Waals surface area (Å²) < 4.78 is 4.18. The normalized spacial score (nSPS) is 7.74. The number of carbonyl (C=O) groups is 3. The number of aliphatic hydroxyl groups excluding tert-OH is 4. The first-order valence-corrected chi connectivity index (χ1v) is 9.94. The van der Waals surface area contributed by atoms with E-state index in [9.17, 15) is 14.4 Å². The Morgan fingerprint density at radius 2 is 1.16 bits per heavy atom. The Labute approximate surface area is 220 Å². The number of nitrogens with one attached hydrogen (secondary N) is 2. The topological polar surface area (TPSA) is 290 Å². The molecule has 216 valence electrons. The van der Waals surface area contributed by atoms with Gasteiger partial charge >= 0.3 is 18.0 Å². The minimum atomic E-state index is -1.11. The molecule has 15 heteroatoms. The van der Waals surface area contributed by atoms with E-state index in [-0.39, 0.29) is 0 Å². The minimum Gasteiger partial charge on any atom is -0.478 e. The van der Waals surface area contributed by atoms with Gasteiger partial charge in [0.05, 0.1) is 38.4 Å². The van der Waals surface area contributed by atoms with Crippen molar-refractivity contribution in [3.8, 4) is 0 Å². The molecule has 10 N–H and O–H groups in total. The van der Waals surface area contributed by atoms with Crippen molar-refractivity contribution in [3.63, 3.8) is 0 Å². The van der Waals surface area contributed by atoms with Gasteiger partial charge < -0.3 is 41.1 Å². The summed E-state index contributed by atoms with van der Waals surface area (Å²) in [7, 11) is 0. The molecule has 0 atom stereocenters. The number of hydrogen-bond acceptors (Lipinski definition) is 12. The van der Waals surface area contributed by atoms with E-state index in [1.807, 2.05) is 18.2 Å². The van der Waals surface area contributed by atoms with Crippen LogP contribution in [0.15, 0.2) is 55.6 Å². The standard InChI is InChI=1S/C7H8.C5H12O4.C3H7NO2.2C3H4O2.2CHNO/c1-7-5-3-2-4-6-7;6-1-5(2-7,3-8)4-9;1-2-6-3(4)5;2*1-2-3(4)5;2*2-1-3/h2-6H,1H3;6-9H,1-4H2;2H2,1H3,(H2,4,5);2*2H,1H2,(H,4,5);2*2H. The number of ether oxygens (including phenoxy) is 1. The number of hydrogen-bond donors (Lipinski definition) is 9. The third kappa shape index (κ3) is 57.9. The van der Waals surface area contributed by atoms with E-state index >= 15 is 0 Å². The lowest BCUT2D eigenvalue weighted by atomic mass is 9.93. The van der Waals surface area contributed by atoms with Crippen LogP contribution >= 0.6 is 0 Å². The number of amides is 1. The van der Waals surface area contributed by atoms with E-state index in [4.69, 9.17) is 51.0 Å². The first kappa shape index (κ1) is 46.8. The number of aliphatic hydroxyl groups is 4. The van der Waals surface area contributed by atoms with Gasteiger partial charge in [0, 0.05) is 12.2 Å². The Kier molecular flexibility index (Phi) is 48.9. The SMILES string of the molecule is C=CC(=O)O.C=CC(=O)O.CCOC(N)=O.Cc1ccccc1.N=C=O.N=C=O.OCC(CO)(CO)CO. The van der Waals surface area contributed by atoms with E-state index in [0.29, 0.717) is 6.61 Å². The van der Waals surface area contributed by atoms with E-state index in [1.54, 1.807) is 6.92 Å². The fourth-order valence-electron chi connectivity index (χ4n) is 0.977. The molecule has 1 rings (SSSR count). The molecule has 0 aromatic heterocycles. The quantitative estimate of drug-likeness (QED) is 0.127. The molecule has 1 aromatic rings. The average Bonchev–Trinajstić information content (AvgIpc) is 2.88. The van der Waals surface area contributed by atoms with Gasteiger partial charge in [-0.05, 0) is 13.8 Å². The zero-order valence-electron chi connectivity index (χ0n) is 21.2. The maximum Gasteiger partial charge on any atom is 0.404 e. The van der Waals surface area contributed by atoms with Gasteiger partial charge in [0.15, 0.2) is 0 Å². The summed E-state index contributed by atoms with van der Waals surface area (Å²) in [4.78, 5) is 44.8. The van der Waals surface area contributed by atoms with Crippen molar-refractivity contribution in [2.45, 2.75) is 13.8 Å². The van der Waals surface area contributed by atoms with Crippen LogP contribution in [0.5, 0.6) is 0 Å². The highest BCUT2D eigenvalue weighted by atomic mass is 16.5. The number of primary amides is 1. The summed E-state index contributed by atoms with van der Waals surface area (Å²) >= 11 is 0. The van der Waals surface area contributed by atoms with Gasteiger partial charge in [0.2, 0.25) is 12.2 Å². The van der Waals surface area contributed by atoms with Crippen molar-refractivity contribution < 1.29 is 59.3 Å². The smallest absolute Gasteiger partial charge is 0.404 e. The molecule has 1 aromatic carbocycles. The number of aryl methyl sites for hydroxylation is 1. The molecule has 0 radical (unpaired) electrons. The van der Waals surface area contributed by atoms with Crippen molar-refractivity contribution in [2.75, 3.05) is 33.0 Å². The van der Waals surface area contributed by atoms with Crippen LogP contribution in [0.4, 0.5) is 4.79 Å². The predicted octanol–water partition coefficient (Wildman–Crippen LogP) is 0.355. The summed E-state index contributed by atoms with van der Waals surface area (Å²) in [5, 5.41) is 60.0. The zero-order chi connectivity index (χ0) is 31.4. The van der Waals surface area contributed by atoms with E-state index in [2.05, 4.69) is 42.7 Å². The molecule has 15 nitrogen and oxygen atoms in total. The molecule has 0 unspecified atom stereocenters. The van der Waals surface area contributed by atoms with E-state index in [0.717, 1.165) is 24.3 Å². The van der Waals surface area contributed by atoms with Crippen LogP contribution < -0.4 is 5.73 Å². The number of aliphatic carboxylic acids is 2. The molecule has 0 aliphatic carbocycles. The van der Waals surface area contributed by atoms with Gasteiger partial charge in [-0.2, -0.15) is 0 Å². The number of rotatable bonds is 7. The Balaban J connectivity index is -0.0000000812. The second kappa shape index (κ2) is 39.7. The molecule has 0 fully saturated rings. The Hall–Kier alpha value is -4.49. The largest absolute Gasteiger partial charge is 0.478 e. The number of carboxylic acid groups (broad SMARTS) is 2. The number of benzene rings is 1. The van der Waals surface area contributed by atoms with Gasteiger partial charge in [-0.3, -0.25) is 0 Å². The maximum absolute atomic E-state index is 9.60. The Morgan fingerprint density at radius 3 is 1.21 bits per heavy atom. The van der Waals surface area contributed by atoms with Crippen molar-refractivity contribution in [1.29, 1.82) is 10.8 Å². The molecular weight excluding hydrogens is 510 g/mol. The summed E-state index contributed by atoms with van der Waals surface area (Å²) in [6, 6.07) is 10.3. The highest BCUT2D eigenvalue weighted by Gasteiger charge is 2.26. The second-order valence-electron chi connectivity index (χ2n) is 5.83. The van der Waals surface area contributed by atoms with Gasteiger partial charge in [0.1, 0.15) is 0 Å². The zero-order valence-corrected chi connectivity index (χ0v) is 21.2. The Morgan fingerprint density at radius 1 is 0.895 bits per heavy atom. The van der Waals surface area contributed by atoms with Crippen LogP contribution in [0.2, 0.25) is 0 Å². The summed E-state index contributed by atoms with van der Waals surface area (Å²) in [6.45, 7) is 8.44. The average molecular weight is 548 g/mol. The molecule has 0 heterocycles. The summed E-state index contributed by atoms with van der Waals surface area (Å²) in [5.74, 6) is -1.96. The van der Waals surface area contributed by atoms with Crippen LogP contribution in [0.3, 0.4) is 0 Å². The molecule has 1 amide bonds. The maximum atomic E-state index is 9.60. The van der Waals surface area contributed by atoms with Crippen LogP contribution in [0.25, 0.3) is 0 Å². The highest BCUT2D eigenvalue weighted by molar-refractivity contribution is 5.79. The van der Waals surface area contributed by atoms with E-state index in [1.165, 1.54) is 5.56 Å². The molecular formula is C23H37N3O12. The summed E-state index contributed by atoms with van der Waals surface area (Å²) in [6.07, 6.45) is 2.46. The number of isocyanates is 2. The number of nitrogens with two attached hydrogens (primary N) is 1. The summed E-state index contributed by atoms with van der Waals surface area (Å²) in [5.41, 5.74) is 4.75. The molecule has 0 saturated heterocycles. The lowest BCUT2D eigenvalue weighted by Gasteiger charge is -2.23. The fourth-order valence-corrected chi connectivity index (χ4v) is 0.977. The third-order valence-electron chi connectivity index (χ3n) is 2.92. The Bertz CT molecular complexity index is 739. The van der Waals surface area contributed by atoms with Gasteiger partial charge in [-0.25, -0.2) is 34.8 Å². The number of carboxylic acids is 2. The molecule has 0 aliphatic rings. The van der Waals surface area contributed by atoms with Crippen LogP contribution in [-0.2, 0) is 23.9 Å². The van der Waals surface area contributed by atoms with Crippen LogP contribution in [0, 0.1) is 23.2 Å². The van der Waals surface area contributed by atoms with Gasteiger partial charge in [-0.1, -0.05) is 49.1 Å². The van der Waals surface area contributed by atoms with Crippen LogP contribution in [0.1, 0.15) is 12.5 Å². The lowest BCUT2D eigenvalue weighted by Crippen LogP contribution is -2.37. The van der Waals surface area contributed by atoms with Gasteiger partial charge in [0.25, 0.3) is 0 Å². The monoisotopic (exact) mass is 547 g/mol. The highest BCUT2D eigenvalue weighted by Crippen LogP contribution is 2.11. The fraction of sp³-hybridized carbons (Fsp3) is 0.348. The van der Waals surface area contributed by atoms with E-state index < -0.39 is 49.9 Å². The molecule has 38 heavy (non-hydrogen) atoms. The van der Waals surface area contributed by atoms with Crippen molar-refractivity contribution in [3.05, 3.63) is 61.2 Å². The van der Waals surface area contributed by atoms with Gasteiger partial charge in [-0.15, -0.1) is 0 Å². The molecule has 0 bridgehead atoms. The lowest BCUT2D eigenvalue weighted by molar-refractivity contribution is -0.132. The molecule has 0 aliphatic heterocycles.